The molecule has 2 amide bonds. The molecule has 0 fully saturated rings. The van der Waals surface area contributed by atoms with Crippen molar-refractivity contribution in [1.29, 1.82) is 0 Å². The normalized spacial score (nSPS) is 13.4. The summed E-state index contributed by atoms with van der Waals surface area (Å²) in [5.74, 6) is 0.0458. The van der Waals surface area contributed by atoms with Gasteiger partial charge in [-0.1, -0.05) is 12.1 Å². The van der Waals surface area contributed by atoms with Gasteiger partial charge in [0.05, 0.1) is 32.6 Å². The molecular formula is C25H21FN2O5. The van der Waals surface area contributed by atoms with Crippen LogP contribution in [0.25, 0.3) is 5.57 Å². The number of carbonyl (C=O) groups is 2. The third-order valence-electron chi connectivity index (χ3n) is 5.20. The molecular weight excluding hydrogens is 427 g/mol. The van der Waals surface area contributed by atoms with Crippen LogP contribution in [-0.2, 0) is 9.59 Å². The van der Waals surface area contributed by atoms with Crippen LogP contribution < -0.4 is 24.4 Å². The van der Waals surface area contributed by atoms with Crippen molar-refractivity contribution in [2.45, 2.75) is 0 Å². The molecule has 7 nitrogen and oxygen atoms in total. The molecule has 8 heteroatoms. The summed E-state index contributed by atoms with van der Waals surface area (Å²) in [6.07, 6.45) is 0. The molecule has 1 N–H and O–H groups in total. The first kappa shape index (κ1) is 21.9. The van der Waals surface area contributed by atoms with Crippen molar-refractivity contribution in [2.75, 3.05) is 31.5 Å². The fourth-order valence-corrected chi connectivity index (χ4v) is 3.55. The van der Waals surface area contributed by atoms with E-state index in [1.165, 1.54) is 45.6 Å². The van der Waals surface area contributed by atoms with Gasteiger partial charge in [0.25, 0.3) is 11.8 Å². The third-order valence-corrected chi connectivity index (χ3v) is 5.20. The molecule has 1 aliphatic heterocycles. The molecule has 0 saturated heterocycles. The number of anilines is 2. The van der Waals surface area contributed by atoms with E-state index in [-0.39, 0.29) is 11.3 Å². The summed E-state index contributed by atoms with van der Waals surface area (Å²) in [6.45, 7) is 0. The average Bonchev–Trinajstić information content (AvgIpc) is 3.08. The fraction of sp³-hybridized carbons (Fsp3) is 0.120. The highest BCUT2D eigenvalue weighted by atomic mass is 19.1. The van der Waals surface area contributed by atoms with Gasteiger partial charge in [-0.05, 0) is 54.1 Å². The largest absolute Gasteiger partial charge is 0.497 e. The Balaban J connectivity index is 1.79. The summed E-state index contributed by atoms with van der Waals surface area (Å²) in [4.78, 5) is 27.9. The van der Waals surface area contributed by atoms with Crippen molar-refractivity contribution in [3.8, 4) is 17.2 Å². The van der Waals surface area contributed by atoms with E-state index >= 15 is 0 Å². The van der Waals surface area contributed by atoms with Gasteiger partial charge in [-0.15, -0.1) is 0 Å². The highest BCUT2D eigenvalue weighted by Crippen LogP contribution is 2.36. The molecule has 0 bridgehead atoms. The number of hydrogen-bond donors (Lipinski definition) is 1. The SMILES string of the molecule is COc1ccc(N2C(=O)C(Nc3ccc(OC)c(OC)c3)=C(c3ccc(F)cc3)C2=O)cc1. The Morgan fingerprint density at radius 2 is 1.42 bits per heavy atom. The molecule has 33 heavy (non-hydrogen) atoms. The summed E-state index contributed by atoms with van der Waals surface area (Å²) in [5.41, 5.74) is 1.50. The van der Waals surface area contributed by atoms with Crippen LogP contribution in [0.15, 0.2) is 72.4 Å². The van der Waals surface area contributed by atoms with Gasteiger partial charge in [-0.2, -0.15) is 0 Å². The standard InChI is InChI=1S/C25H21FN2O5/c1-31-19-11-9-18(10-12-19)28-24(29)22(15-4-6-16(26)7-5-15)23(25(28)30)27-17-8-13-20(32-2)21(14-17)33-3/h4-14,27H,1-3H3. The van der Waals surface area contributed by atoms with E-state index in [4.69, 9.17) is 14.2 Å². The predicted molar refractivity (Wildman–Crippen MR) is 122 cm³/mol. The minimum atomic E-state index is -0.542. The molecule has 4 rings (SSSR count). The number of nitrogens with zero attached hydrogens (tertiary/aromatic N) is 1. The molecule has 0 atom stereocenters. The minimum Gasteiger partial charge on any atom is -0.497 e. The van der Waals surface area contributed by atoms with Crippen molar-refractivity contribution in [3.63, 3.8) is 0 Å². The maximum atomic E-state index is 13.5. The second-order valence-corrected chi connectivity index (χ2v) is 7.10. The number of rotatable bonds is 7. The maximum absolute atomic E-state index is 13.5. The van der Waals surface area contributed by atoms with Gasteiger partial charge in [0.15, 0.2) is 11.5 Å². The number of methoxy groups -OCH3 is 3. The number of benzene rings is 3. The Hall–Kier alpha value is -4.33. The summed E-state index contributed by atoms with van der Waals surface area (Å²) in [6, 6.07) is 17.0. The van der Waals surface area contributed by atoms with Crippen LogP contribution in [0.4, 0.5) is 15.8 Å². The van der Waals surface area contributed by atoms with Gasteiger partial charge in [-0.3, -0.25) is 9.59 Å². The van der Waals surface area contributed by atoms with Crippen molar-refractivity contribution >= 4 is 28.8 Å². The number of carbonyl (C=O) groups excluding carboxylic acids is 2. The number of hydrogen-bond acceptors (Lipinski definition) is 6. The lowest BCUT2D eigenvalue weighted by molar-refractivity contribution is -0.120. The van der Waals surface area contributed by atoms with Crippen molar-refractivity contribution < 1.29 is 28.2 Å². The molecule has 0 saturated carbocycles. The number of imide groups is 1. The first-order chi connectivity index (χ1) is 16.0. The Morgan fingerprint density at radius 3 is 2.03 bits per heavy atom. The van der Waals surface area contributed by atoms with E-state index in [1.807, 2.05) is 0 Å². The van der Waals surface area contributed by atoms with Crippen LogP contribution in [0.2, 0.25) is 0 Å². The average molecular weight is 448 g/mol. The molecule has 168 valence electrons. The van der Waals surface area contributed by atoms with E-state index in [0.29, 0.717) is 34.2 Å². The van der Waals surface area contributed by atoms with Gasteiger partial charge in [0.1, 0.15) is 17.3 Å². The van der Waals surface area contributed by atoms with Crippen molar-refractivity contribution in [1.82, 2.24) is 0 Å². The Kier molecular flexibility index (Phi) is 5.99. The molecule has 3 aromatic carbocycles. The minimum absolute atomic E-state index is 0.0645. The zero-order chi connectivity index (χ0) is 23.5. The number of nitrogens with one attached hydrogen (secondary N) is 1. The molecule has 0 aromatic heterocycles. The number of ether oxygens (including phenoxy) is 3. The number of halogens is 1. The predicted octanol–water partition coefficient (Wildman–Crippen LogP) is 4.25. The summed E-state index contributed by atoms with van der Waals surface area (Å²) in [5, 5.41) is 3.05. The Morgan fingerprint density at radius 1 is 0.758 bits per heavy atom. The molecule has 1 heterocycles. The molecule has 1 aliphatic rings. The third kappa shape index (κ3) is 4.10. The van der Waals surface area contributed by atoms with E-state index in [2.05, 4.69) is 5.32 Å². The Bertz CT molecular complexity index is 1240. The first-order valence-electron chi connectivity index (χ1n) is 9.99. The van der Waals surface area contributed by atoms with E-state index in [9.17, 15) is 14.0 Å². The highest BCUT2D eigenvalue weighted by Gasteiger charge is 2.40. The monoisotopic (exact) mass is 448 g/mol. The second-order valence-electron chi connectivity index (χ2n) is 7.10. The lowest BCUT2D eigenvalue weighted by Crippen LogP contribution is -2.32. The van der Waals surface area contributed by atoms with Gasteiger partial charge >= 0.3 is 0 Å². The van der Waals surface area contributed by atoms with Crippen LogP contribution in [0, 0.1) is 5.82 Å². The van der Waals surface area contributed by atoms with Crippen LogP contribution in [0.5, 0.6) is 17.2 Å². The zero-order valence-electron chi connectivity index (χ0n) is 18.2. The van der Waals surface area contributed by atoms with Gasteiger partial charge in [0, 0.05) is 11.8 Å². The Labute approximate surface area is 190 Å². The van der Waals surface area contributed by atoms with Crippen molar-refractivity contribution in [2.24, 2.45) is 0 Å². The maximum Gasteiger partial charge on any atom is 0.282 e. The highest BCUT2D eigenvalue weighted by molar-refractivity contribution is 6.46. The molecule has 0 radical (unpaired) electrons. The zero-order valence-corrected chi connectivity index (χ0v) is 18.2. The van der Waals surface area contributed by atoms with E-state index < -0.39 is 17.6 Å². The molecule has 0 aliphatic carbocycles. The summed E-state index contributed by atoms with van der Waals surface area (Å²) >= 11 is 0. The first-order valence-corrected chi connectivity index (χ1v) is 9.99. The second kappa shape index (κ2) is 9.04. The van der Waals surface area contributed by atoms with E-state index in [1.54, 1.807) is 42.5 Å². The number of amides is 2. The summed E-state index contributed by atoms with van der Waals surface area (Å²) in [7, 11) is 4.55. The van der Waals surface area contributed by atoms with Crippen LogP contribution >= 0.6 is 0 Å². The quantitative estimate of drug-likeness (QED) is 0.545. The van der Waals surface area contributed by atoms with Crippen molar-refractivity contribution in [3.05, 3.63) is 83.8 Å². The lowest BCUT2D eigenvalue weighted by atomic mass is 10.0. The summed E-state index contributed by atoms with van der Waals surface area (Å²) < 4.78 is 29.3. The molecule has 0 spiro atoms. The van der Waals surface area contributed by atoms with Gasteiger partial charge < -0.3 is 19.5 Å². The van der Waals surface area contributed by atoms with Gasteiger partial charge in [-0.25, -0.2) is 9.29 Å². The molecule has 3 aromatic rings. The van der Waals surface area contributed by atoms with Crippen LogP contribution in [-0.4, -0.2) is 33.1 Å². The van der Waals surface area contributed by atoms with Crippen LogP contribution in [0.3, 0.4) is 0 Å². The molecule has 0 unspecified atom stereocenters. The topological polar surface area (TPSA) is 77.1 Å². The van der Waals surface area contributed by atoms with E-state index in [0.717, 1.165) is 4.90 Å². The fourth-order valence-electron chi connectivity index (χ4n) is 3.55. The smallest absolute Gasteiger partial charge is 0.282 e. The van der Waals surface area contributed by atoms with Crippen LogP contribution in [0.1, 0.15) is 5.56 Å². The lowest BCUT2D eigenvalue weighted by Gasteiger charge is -2.16. The van der Waals surface area contributed by atoms with Gasteiger partial charge in [0.2, 0.25) is 0 Å².